The van der Waals surface area contributed by atoms with Gasteiger partial charge in [-0.1, -0.05) is 13.8 Å². The van der Waals surface area contributed by atoms with Gasteiger partial charge in [0, 0.05) is 7.05 Å². The van der Waals surface area contributed by atoms with Gasteiger partial charge in [-0.05, 0) is 12.8 Å². The Morgan fingerprint density at radius 1 is 1.18 bits per heavy atom. The van der Waals surface area contributed by atoms with Gasteiger partial charge in [0.1, 0.15) is 5.54 Å². The van der Waals surface area contributed by atoms with E-state index in [2.05, 4.69) is 10.6 Å². The highest BCUT2D eigenvalue weighted by atomic mass is 16.4. The van der Waals surface area contributed by atoms with Gasteiger partial charge in [0.25, 0.3) is 0 Å². The summed E-state index contributed by atoms with van der Waals surface area (Å²) in [6.07, 6.45) is 0.707. The highest BCUT2D eigenvalue weighted by molar-refractivity contribution is 5.95. The molecule has 98 valence electrons. The van der Waals surface area contributed by atoms with Crippen LogP contribution in [0, 0.1) is 0 Å². The third-order valence-electron chi connectivity index (χ3n) is 2.68. The molecule has 0 aromatic rings. The first-order chi connectivity index (χ1) is 7.91. The predicted molar refractivity (Wildman–Crippen MR) is 61.5 cm³/mol. The molecule has 0 aromatic carbocycles. The Labute approximate surface area is 100.0 Å². The monoisotopic (exact) mass is 245 g/mol. The van der Waals surface area contributed by atoms with E-state index in [-0.39, 0.29) is 6.54 Å². The second-order valence-corrected chi connectivity index (χ2v) is 3.58. The highest BCUT2D eigenvalue weighted by Crippen LogP contribution is 2.14. The van der Waals surface area contributed by atoms with Crippen LogP contribution in [-0.4, -0.2) is 42.1 Å². The molecule has 0 atom stereocenters. The molecule has 7 heteroatoms. The number of imide groups is 1. The van der Waals surface area contributed by atoms with Gasteiger partial charge in [0.15, 0.2) is 0 Å². The summed E-state index contributed by atoms with van der Waals surface area (Å²) in [5.41, 5.74) is -1.12. The molecule has 0 saturated heterocycles. The minimum atomic E-state index is -1.12. The fraction of sp³-hybridized carbons (Fsp3) is 0.700. The standard InChI is InChI=1S/C10H19N3O4/c1-4-10(5-2,8(15)16)12-6-7(14)13-9(17)11-3/h12H,4-6H2,1-3H3,(H,15,16)(H2,11,13,14,17). The Kier molecular flexibility index (Phi) is 6.19. The summed E-state index contributed by atoms with van der Waals surface area (Å²) in [7, 11) is 1.38. The van der Waals surface area contributed by atoms with E-state index in [1.54, 1.807) is 13.8 Å². The average Bonchev–Trinajstić information content (AvgIpc) is 2.30. The molecule has 7 nitrogen and oxygen atoms in total. The second-order valence-electron chi connectivity index (χ2n) is 3.58. The Morgan fingerprint density at radius 2 is 1.71 bits per heavy atom. The maximum Gasteiger partial charge on any atom is 0.323 e. The summed E-state index contributed by atoms with van der Waals surface area (Å²) in [5, 5.41) is 16.0. The van der Waals surface area contributed by atoms with E-state index in [9.17, 15) is 14.4 Å². The Morgan fingerprint density at radius 3 is 2.06 bits per heavy atom. The van der Waals surface area contributed by atoms with Crippen molar-refractivity contribution in [3.63, 3.8) is 0 Å². The normalized spacial score (nSPS) is 10.8. The van der Waals surface area contributed by atoms with Gasteiger partial charge >= 0.3 is 12.0 Å². The molecule has 0 fully saturated rings. The third-order valence-corrected chi connectivity index (χ3v) is 2.68. The number of nitrogens with one attached hydrogen (secondary N) is 3. The van der Waals surface area contributed by atoms with E-state index in [0.29, 0.717) is 12.8 Å². The molecule has 0 aliphatic rings. The van der Waals surface area contributed by atoms with Gasteiger partial charge in [-0.25, -0.2) is 4.79 Å². The van der Waals surface area contributed by atoms with Crippen LogP contribution in [0.1, 0.15) is 26.7 Å². The number of hydrogen-bond donors (Lipinski definition) is 4. The van der Waals surface area contributed by atoms with Crippen LogP contribution < -0.4 is 16.0 Å². The van der Waals surface area contributed by atoms with Crippen molar-refractivity contribution in [2.45, 2.75) is 32.2 Å². The van der Waals surface area contributed by atoms with E-state index < -0.39 is 23.4 Å². The van der Waals surface area contributed by atoms with Crippen LogP contribution in [0.15, 0.2) is 0 Å². The van der Waals surface area contributed by atoms with Crippen molar-refractivity contribution in [2.24, 2.45) is 0 Å². The molecule has 0 aromatic heterocycles. The average molecular weight is 245 g/mol. The fourth-order valence-corrected chi connectivity index (χ4v) is 1.36. The zero-order chi connectivity index (χ0) is 13.5. The molecule has 0 saturated carbocycles. The van der Waals surface area contributed by atoms with E-state index in [0.717, 1.165) is 0 Å². The number of carboxylic acids is 1. The summed E-state index contributed by atoms with van der Waals surface area (Å²) in [6.45, 7) is 3.23. The van der Waals surface area contributed by atoms with Gasteiger partial charge in [0.05, 0.1) is 6.54 Å². The lowest BCUT2D eigenvalue weighted by Gasteiger charge is -2.27. The number of carbonyl (C=O) groups excluding carboxylic acids is 2. The van der Waals surface area contributed by atoms with Crippen molar-refractivity contribution >= 4 is 17.9 Å². The summed E-state index contributed by atoms with van der Waals surface area (Å²) in [6, 6.07) is -0.620. The molecule has 0 rings (SSSR count). The SMILES string of the molecule is CCC(CC)(NCC(=O)NC(=O)NC)C(=O)O. The largest absolute Gasteiger partial charge is 0.480 e. The number of rotatable bonds is 6. The number of aliphatic carboxylic acids is 1. The number of amides is 3. The van der Waals surface area contributed by atoms with Crippen molar-refractivity contribution < 1.29 is 19.5 Å². The van der Waals surface area contributed by atoms with Crippen molar-refractivity contribution in [2.75, 3.05) is 13.6 Å². The maximum absolute atomic E-state index is 11.3. The number of carbonyl (C=O) groups is 3. The molecule has 0 radical (unpaired) electrons. The predicted octanol–water partition coefficient (Wildman–Crippen LogP) is -0.325. The number of urea groups is 1. The van der Waals surface area contributed by atoms with E-state index >= 15 is 0 Å². The highest BCUT2D eigenvalue weighted by Gasteiger charge is 2.34. The number of hydrogen-bond acceptors (Lipinski definition) is 4. The van der Waals surface area contributed by atoms with Crippen LogP contribution in [0.5, 0.6) is 0 Å². The third kappa shape index (κ3) is 4.39. The zero-order valence-corrected chi connectivity index (χ0v) is 10.3. The van der Waals surface area contributed by atoms with Gasteiger partial charge in [-0.3, -0.25) is 20.2 Å². The van der Waals surface area contributed by atoms with Crippen molar-refractivity contribution in [3.8, 4) is 0 Å². The lowest BCUT2D eigenvalue weighted by atomic mass is 9.93. The van der Waals surface area contributed by atoms with Gasteiger partial charge in [-0.15, -0.1) is 0 Å². The van der Waals surface area contributed by atoms with Crippen LogP contribution in [0.2, 0.25) is 0 Å². The van der Waals surface area contributed by atoms with Crippen LogP contribution in [0.25, 0.3) is 0 Å². The first-order valence-electron chi connectivity index (χ1n) is 5.41. The minimum absolute atomic E-state index is 0.221. The molecule has 3 amide bonds. The van der Waals surface area contributed by atoms with Crippen LogP contribution in [0.4, 0.5) is 4.79 Å². The topological polar surface area (TPSA) is 108 Å². The first-order valence-corrected chi connectivity index (χ1v) is 5.41. The summed E-state index contributed by atoms with van der Waals surface area (Å²) in [4.78, 5) is 33.2. The van der Waals surface area contributed by atoms with E-state index in [1.165, 1.54) is 7.05 Å². The van der Waals surface area contributed by atoms with Gasteiger partial charge in [0.2, 0.25) is 5.91 Å². The van der Waals surface area contributed by atoms with Crippen molar-refractivity contribution in [1.29, 1.82) is 0 Å². The van der Waals surface area contributed by atoms with Crippen LogP contribution in [0.3, 0.4) is 0 Å². The van der Waals surface area contributed by atoms with Crippen LogP contribution >= 0.6 is 0 Å². The molecular formula is C10H19N3O4. The summed E-state index contributed by atoms with van der Waals surface area (Å²) in [5.74, 6) is -1.58. The quantitative estimate of drug-likeness (QED) is 0.513. The molecule has 0 aliphatic carbocycles. The minimum Gasteiger partial charge on any atom is -0.480 e. The molecule has 0 unspecified atom stereocenters. The van der Waals surface area contributed by atoms with Crippen LogP contribution in [-0.2, 0) is 9.59 Å². The van der Waals surface area contributed by atoms with Gasteiger partial charge < -0.3 is 10.4 Å². The molecule has 17 heavy (non-hydrogen) atoms. The molecular weight excluding hydrogens is 226 g/mol. The van der Waals surface area contributed by atoms with Gasteiger partial charge in [-0.2, -0.15) is 0 Å². The first kappa shape index (κ1) is 15.4. The molecule has 0 aliphatic heterocycles. The van der Waals surface area contributed by atoms with E-state index in [4.69, 9.17) is 5.11 Å². The summed E-state index contributed by atoms with van der Waals surface area (Å²) < 4.78 is 0. The van der Waals surface area contributed by atoms with Crippen molar-refractivity contribution in [3.05, 3.63) is 0 Å². The second kappa shape index (κ2) is 6.85. The molecule has 0 spiro atoms. The Bertz CT molecular complexity index is 300. The smallest absolute Gasteiger partial charge is 0.323 e. The Balaban J connectivity index is 4.37. The molecule has 4 N–H and O–H groups in total. The molecule has 0 heterocycles. The lowest BCUT2D eigenvalue weighted by molar-refractivity contribution is -0.145. The summed E-state index contributed by atoms with van der Waals surface area (Å²) >= 11 is 0. The van der Waals surface area contributed by atoms with Crippen molar-refractivity contribution in [1.82, 2.24) is 16.0 Å². The van der Waals surface area contributed by atoms with E-state index in [1.807, 2.05) is 5.32 Å². The lowest BCUT2D eigenvalue weighted by Crippen LogP contribution is -2.54. The fourth-order valence-electron chi connectivity index (χ4n) is 1.36. The maximum atomic E-state index is 11.3. The Hall–Kier alpha value is -1.63. The number of carboxylic acid groups (broad SMARTS) is 1. The molecule has 0 bridgehead atoms. The zero-order valence-electron chi connectivity index (χ0n) is 10.3.